The maximum atomic E-state index is 12.3. The molecule has 4 N–H and O–H groups in total. The Morgan fingerprint density at radius 1 is 1.17 bits per heavy atom. The number of aromatic amines is 1. The molecule has 3 rings (SSSR count). The third-order valence-corrected chi connectivity index (χ3v) is 4.19. The van der Waals surface area contributed by atoms with Crippen LogP contribution in [0.25, 0.3) is 11.0 Å². The van der Waals surface area contributed by atoms with Gasteiger partial charge in [-0.1, -0.05) is 0 Å². The molecule has 0 aliphatic heterocycles. The molecule has 1 aromatic carbocycles. The van der Waals surface area contributed by atoms with E-state index in [1.807, 2.05) is 0 Å². The Morgan fingerprint density at radius 2 is 1.90 bits per heavy atom. The number of carboxylic acid groups (broad SMARTS) is 2. The van der Waals surface area contributed by atoms with Gasteiger partial charge in [-0.15, -0.1) is 0 Å². The highest BCUT2D eigenvalue weighted by Gasteiger charge is 2.21. The smallest absolute Gasteiger partial charge is 0.326 e. The second kappa shape index (κ2) is 8.74. The van der Waals surface area contributed by atoms with Crippen molar-refractivity contribution in [2.75, 3.05) is 0 Å². The topological polar surface area (TPSA) is 154 Å². The van der Waals surface area contributed by atoms with Crippen LogP contribution in [0.15, 0.2) is 47.7 Å². The molecule has 0 saturated heterocycles. The number of carboxylic acids is 2. The zero-order valence-corrected chi connectivity index (χ0v) is 15.5. The maximum absolute atomic E-state index is 12.3. The number of hydrogen-bond donors (Lipinski definition) is 4. The van der Waals surface area contributed by atoms with Crippen LogP contribution in [0.5, 0.6) is 0 Å². The number of benzene rings is 1. The number of nitrogens with one attached hydrogen (secondary N) is 2. The van der Waals surface area contributed by atoms with Crippen molar-refractivity contribution in [3.63, 3.8) is 0 Å². The number of rotatable bonds is 6. The minimum atomic E-state index is -1.31. The van der Waals surface area contributed by atoms with E-state index in [-0.39, 0.29) is 24.0 Å². The molecule has 0 saturated carbocycles. The van der Waals surface area contributed by atoms with E-state index in [2.05, 4.69) is 27.2 Å². The molecule has 0 bridgehead atoms. The highest BCUT2D eigenvalue weighted by Crippen LogP contribution is 2.06. The van der Waals surface area contributed by atoms with E-state index in [1.165, 1.54) is 18.5 Å². The number of carbonyl (C=O) groups is 3. The molecule has 3 aromatic rings. The molecule has 152 valence electrons. The number of aromatic nitrogens is 3. The predicted molar refractivity (Wildman–Crippen MR) is 105 cm³/mol. The van der Waals surface area contributed by atoms with E-state index >= 15 is 0 Å². The number of fused-ring (bicyclic) bond motifs is 1. The SMILES string of the molecule is O=C(O)CC[C@H](NC(=O)c1ccc(C#Cn2cnc3[nH]ccc3c2=O)cc1)C(=O)O. The third kappa shape index (κ3) is 4.71. The van der Waals surface area contributed by atoms with Crippen molar-refractivity contribution >= 4 is 28.9 Å². The second-order valence-electron chi connectivity index (χ2n) is 6.27. The van der Waals surface area contributed by atoms with Crippen molar-refractivity contribution in [3.8, 4) is 12.0 Å². The summed E-state index contributed by atoms with van der Waals surface area (Å²) in [6.45, 7) is 0. The molecule has 0 spiro atoms. The molecule has 30 heavy (non-hydrogen) atoms. The first-order valence-corrected chi connectivity index (χ1v) is 8.77. The molecule has 2 heterocycles. The lowest BCUT2D eigenvalue weighted by Gasteiger charge is -2.13. The summed E-state index contributed by atoms with van der Waals surface area (Å²) in [5.41, 5.74) is 0.866. The monoisotopic (exact) mass is 408 g/mol. The molecule has 10 heteroatoms. The molecular formula is C20H16N4O6. The average Bonchev–Trinajstić information content (AvgIpc) is 3.20. The molecule has 2 aromatic heterocycles. The molecule has 1 amide bonds. The van der Waals surface area contributed by atoms with Gasteiger partial charge in [0.15, 0.2) is 0 Å². The Bertz CT molecular complexity index is 1230. The van der Waals surface area contributed by atoms with E-state index in [0.29, 0.717) is 16.6 Å². The van der Waals surface area contributed by atoms with Crippen molar-refractivity contribution in [2.24, 2.45) is 0 Å². The fraction of sp³-hybridized carbons (Fsp3) is 0.150. The Morgan fingerprint density at radius 3 is 2.57 bits per heavy atom. The normalized spacial score (nSPS) is 11.3. The van der Waals surface area contributed by atoms with Gasteiger partial charge >= 0.3 is 11.9 Å². The van der Waals surface area contributed by atoms with E-state index in [4.69, 9.17) is 10.2 Å². The number of aliphatic carboxylic acids is 2. The number of H-pyrrole nitrogens is 1. The van der Waals surface area contributed by atoms with Gasteiger partial charge in [0.1, 0.15) is 18.0 Å². The summed E-state index contributed by atoms with van der Waals surface area (Å²) < 4.78 is 1.15. The lowest BCUT2D eigenvalue weighted by Crippen LogP contribution is -2.41. The highest BCUT2D eigenvalue weighted by molar-refractivity contribution is 5.96. The first-order valence-electron chi connectivity index (χ1n) is 8.77. The molecular weight excluding hydrogens is 392 g/mol. The van der Waals surface area contributed by atoms with E-state index < -0.39 is 23.9 Å². The van der Waals surface area contributed by atoms with Crippen LogP contribution >= 0.6 is 0 Å². The van der Waals surface area contributed by atoms with Crippen LogP contribution in [-0.4, -0.2) is 48.6 Å². The largest absolute Gasteiger partial charge is 0.481 e. The lowest BCUT2D eigenvalue weighted by atomic mass is 10.1. The van der Waals surface area contributed by atoms with E-state index in [0.717, 1.165) is 4.57 Å². The molecule has 10 nitrogen and oxygen atoms in total. The van der Waals surface area contributed by atoms with Crippen molar-refractivity contribution in [1.82, 2.24) is 19.9 Å². The molecule has 0 fully saturated rings. The van der Waals surface area contributed by atoms with Crippen LogP contribution in [0.3, 0.4) is 0 Å². The predicted octanol–water partition coefficient (Wildman–Crippen LogP) is 0.630. The quantitative estimate of drug-likeness (QED) is 0.436. The Balaban J connectivity index is 1.71. The lowest BCUT2D eigenvalue weighted by molar-refractivity contribution is -0.140. The minimum Gasteiger partial charge on any atom is -0.481 e. The number of hydrogen-bond acceptors (Lipinski definition) is 5. The summed E-state index contributed by atoms with van der Waals surface area (Å²) in [6, 6.07) is 8.97. The third-order valence-electron chi connectivity index (χ3n) is 4.19. The van der Waals surface area contributed by atoms with E-state index in [1.54, 1.807) is 24.4 Å². The van der Waals surface area contributed by atoms with Gasteiger partial charge in [0.25, 0.3) is 11.5 Å². The summed E-state index contributed by atoms with van der Waals surface area (Å²) in [5.74, 6) is -0.323. The maximum Gasteiger partial charge on any atom is 0.326 e. The van der Waals surface area contributed by atoms with Gasteiger partial charge in [0, 0.05) is 29.8 Å². The molecule has 0 unspecified atom stereocenters. The minimum absolute atomic E-state index is 0.190. The molecule has 0 radical (unpaired) electrons. The van der Waals surface area contributed by atoms with Crippen molar-refractivity contribution in [2.45, 2.75) is 18.9 Å². The number of nitrogens with zero attached hydrogens (tertiary/aromatic N) is 2. The zero-order chi connectivity index (χ0) is 21.7. The Kier molecular flexibility index (Phi) is 5.93. The van der Waals surface area contributed by atoms with Gasteiger partial charge in [-0.25, -0.2) is 14.3 Å². The van der Waals surface area contributed by atoms with E-state index in [9.17, 15) is 19.2 Å². The van der Waals surface area contributed by atoms with Crippen LogP contribution in [0.4, 0.5) is 0 Å². The molecule has 1 atom stereocenters. The number of amides is 1. The standard InChI is InChI=1S/C20H16N4O6/c25-16(26)6-5-15(20(29)30)23-18(27)13-3-1-12(2-4-13)8-10-24-11-22-17-14(19(24)28)7-9-21-17/h1-4,7,9,11,15,21H,5-6H2,(H,23,27)(H,25,26)(H,29,30)/t15-/m0/s1. The van der Waals surface area contributed by atoms with Crippen LogP contribution in [0.2, 0.25) is 0 Å². The van der Waals surface area contributed by atoms with Crippen molar-refractivity contribution in [3.05, 3.63) is 64.3 Å². The average molecular weight is 408 g/mol. The highest BCUT2D eigenvalue weighted by atomic mass is 16.4. The summed E-state index contributed by atoms with van der Waals surface area (Å²) in [6.07, 6.45) is 2.30. The molecule has 0 aliphatic rings. The zero-order valence-electron chi connectivity index (χ0n) is 15.5. The second-order valence-corrected chi connectivity index (χ2v) is 6.27. The van der Waals surface area contributed by atoms with Crippen molar-refractivity contribution in [1.29, 1.82) is 0 Å². The first-order chi connectivity index (χ1) is 14.3. The van der Waals surface area contributed by atoms with Crippen LogP contribution < -0.4 is 10.9 Å². The molecule has 0 aliphatic carbocycles. The van der Waals surface area contributed by atoms with Gasteiger partial charge in [-0.2, -0.15) is 0 Å². The van der Waals surface area contributed by atoms with Crippen molar-refractivity contribution < 1.29 is 24.6 Å². The summed E-state index contributed by atoms with van der Waals surface area (Å²) >= 11 is 0. The van der Waals surface area contributed by atoms with Crippen LogP contribution in [-0.2, 0) is 9.59 Å². The Labute approximate surface area is 169 Å². The fourth-order valence-corrected chi connectivity index (χ4v) is 2.61. The first kappa shape index (κ1) is 20.3. The fourth-order valence-electron chi connectivity index (χ4n) is 2.61. The van der Waals surface area contributed by atoms with Gasteiger partial charge in [0.05, 0.1) is 5.39 Å². The van der Waals surface area contributed by atoms with Gasteiger partial charge < -0.3 is 20.5 Å². The Hall–Kier alpha value is -4.39. The van der Waals surface area contributed by atoms with Crippen LogP contribution in [0.1, 0.15) is 28.8 Å². The van der Waals surface area contributed by atoms with Gasteiger partial charge in [0.2, 0.25) is 0 Å². The van der Waals surface area contributed by atoms with Gasteiger partial charge in [-0.3, -0.25) is 14.4 Å². The van der Waals surface area contributed by atoms with Crippen LogP contribution in [0, 0.1) is 12.0 Å². The summed E-state index contributed by atoms with van der Waals surface area (Å²) in [4.78, 5) is 53.2. The number of carbonyl (C=O) groups excluding carboxylic acids is 1. The summed E-state index contributed by atoms with van der Waals surface area (Å²) in [5, 5.41) is 20.5. The summed E-state index contributed by atoms with van der Waals surface area (Å²) in [7, 11) is 0. The van der Waals surface area contributed by atoms with Gasteiger partial charge in [-0.05, 0) is 42.7 Å².